The second-order valence-electron chi connectivity index (χ2n) is 7.93. The second kappa shape index (κ2) is 13.5. The molecule has 30 heavy (non-hydrogen) atoms. The molecule has 172 valence electrons. The number of carboxylic acids is 1. The number of aliphatic carboxylic acids is 1. The van der Waals surface area contributed by atoms with Gasteiger partial charge in [0.1, 0.15) is 12.1 Å². The molecule has 2 fully saturated rings. The van der Waals surface area contributed by atoms with Gasteiger partial charge in [0.2, 0.25) is 5.91 Å². The number of carboxylic acid groups (broad SMARTS) is 1. The van der Waals surface area contributed by atoms with Gasteiger partial charge in [-0.3, -0.25) is 14.9 Å². The van der Waals surface area contributed by atoms with Crippen LogP contribution in [0, 0.1) is 0 Å². The summed E-state index contributed by atoms with van der Waals surface area (Å²) in [6.45, 7) is 4.18. The van der Waals surface area contributed by atoms with E-state index in [0.717, 1.165) is 16.8 Å². The first-order valence-corrected chi connectivity index (χ1v) is 13.3. The molecule has 0 aromatic heterocycles. The average Bonchev–Trinajstić information content (AvgIpc) is 3.23. The first-order chi connectivity index (χ1) is 14.4. The lowest BCUT2D eigenvalue weighted by atomic mass is 10.0. The molecule has 2 rings (SSSR count). The van der Waals surface area contributed by atoms with Crippen molar-refractivity contribution in [3.05, 3.63) is 0 Å². The maximum Gasteiger partial charge on any atom is 0.326 e. The van der Waals surface area contributed by atoms with Crippen molar-refractivity contribution in [2.75, 3.05) is 30.4 Å². The highest BCUT2D eigenvalue weighted by atomic mass is 32.2. The molecule has 3 atom stereocenters. The summed E-state index contributed by atoms with van der Waals surface area (Å²) in [4.78, 5) is 37.9. The molecule has 0 spiro atoms. The molecule has 1 heterocycles. The maximum atomic E-state index is 12.8. The summed E-state index contributed by atoms with van der Waals surface area (Å²) in [6, 6.07) is -2.00. The first-order valence-electron chi connectivity index (χ1n) is 11.1. The number of carbonyl (C=O) groups excluding carboxylic acids is 2. The van der Waals surface area contributed by atoms with E-state index in [4.69, 9.17) is 4.74 Å². The third kappa shape index (κ3) is 7.96. The Morgan fingerprint density at radius 3 is 2.53 bits per heavy atom. The number of nitrogens with one attached hydrogen (secondary N) is 1. The topological polar surface area (TPSA) is 95.9 Å². The molecule has 1 saturated heterocycles. The van der Waals surface area contributed by atoms with Gasteiger partial charge in [0.05, 0.1) is 12.6 Å². The lowest BCUT2D eigenvalue weighted by Gasteiger charge is -2.27. The van der Waals surface area contributed by atoms with E-state index >= 15 is 0 Å². The fourth-order valence-corrected chi connectivity index (χ4v) is 6.53. The van der Waals surface area contributed by atoms with Crippen molar-refractivity contribution in [3.63, 3.8) is 0 Å². The number of carbonyl (C=O) groups is 3. The Morgan fingerprint density at radius 2 is 1.87 bits per heavy atom. The summed E-state index contributed by atoms with van der Waals surface area (Å²) in [7, 11) is 0. The van der Waals surface area contributed by atoms with Crippen LogP contribution in [0.2, 0.25) is 0 Å². The van der Waals surface area contributed by atoms with E-state index < -0.39 is 24.1 Å². The molecular formula is C21H36N2O5S2. The first kappa shape index (κ1) is 25.3. The number of hydrogen-bond donors (Lipinski definition) is 2. The van der Waals surface area contributed by atoms with Crippen LogP contribution in [0.5, 0.6) is 0 Å². The van der Waals surface area contributed by atoms with Crippen molar-refractivity contribution in [2.45, 2.75) is 82.2 Å². The molecule has 1 unspecified atom stereocenters. The van der Waals surface area contributed by atoms with Gasteiger partial charge in [-0.1, -0.05) is 19.3 Å². The van der Waals surface area contributed by atoms with E-state index in [2.05, 4.69) is 5.32 Å². The molecule has 1 saturated carbocycles. The maximum absolute atomic E-state index is 12.8. The molecule has 0 aromatic rings. The van der Waals surface area contributed by atoms with Crippen LogP contribution >= 0.6 is 23.5 Å². The third-order valence-corrected chi connectivity index (χ3v) is 8.33. The Balaban J connectivity index is 1.80. The summed E-state index contributed by atoms with van der Waals surface area (Å²) in [5, 5.41) is 13.2. The molecule has 2 aliphatic rings. The number of thioether (sulfide) groups is 2. The molecule has 1 aliphatic carbocycles. The minimum absolute atomic E-state index is 0.271. The average molecular weight is 461 g/mol. The van der Waals surface area contributed by atoms with Gasteiger partial charge in [0, 0.05) is 29.1 Å². The van der Waals surface area contributed by atoms with E-state index in [9.17, 15) is 19.5 Å². The highest BCUT2D eigenvalue weighted by molar-refractivity contribution is 8.03. The van der Waals surface area contributed by atoms with Gasteiger partial charge >= 0.3 is 11.9 Å². The summed E-state index contributed by atoms with van der Waals surface area (Å²) in [5.74, 6) is 0.944. The smallest absolute Gasteiger partial charge is 0.326 e. The van der Waals surface area contributed by atoms with E-state index in [1.54, 1.807) is 25.6 Å². The zero-order valence-electron chi connectivity index (χ0n) is 18.1. The Kier molecular flexibility index (Phi) is 11.4. The number of ether oxygens (including phenoxy) is 1. The number of hydrogen-bond acceptors (Lipinski definition) is 7. The number of esters is 1. The zero-order valence-corrected chi connectivity index (χ0v) is 19.8. The third-order valence-electron chi connectivity index (χ3n) is 5.63. The van der Waals surface area contributed by atoms with Crippen molar-refractivity contribution in [3.8, 4) is 0 Å². The van der Waals surface area contributed by atoms with E-state index in [1.165, 1.54) is 37.0 Å². The van der Waals surface area contributed by atoms with Crippen molar-refractivity contribution in [1.82, 2.24) is 10.2 Å². The SMILES string of the molecule is CCOC(=O)[C@H](CSCCSC1CCCCC1)NC(C)C(=O)N1CCC[C@H]1C(=O)O. The van der Waals surface area contributed by atoms with Crippen LogP contribution in [0.4, 0.5) is 0 Å². The van der Waals surface area contributed by atoms with Crippen LogP contribution in [0.1, 0.15) is 58.8 Å². The van der Waals surface area contributed by atoms with Crippen LogP contribution in [-0.2, 0) is 19.1 Å². The molecule has 7 nitrogen and oxygen atoms in total. The Labute approximate surface area is 188 Å². The predicted molar refractivity (Wildman–Crippen MR) is 122 cm³/mol. The monoisotopic (exact) mass is 460 g/mol. The van der Waals surface area contributed by atoms with Crippen molar-refractivity contribution in [1.29, 1.82) is 0 Å². The Morgan fingerprint density at radius 1 is 1.13 bits per heavy atom. The summed E-state index contributed by atoms with van der Waals surface area (Å²) in [6.07, 6.45) is 7.83. The normalized spacial score (nSPS) is 21.9. The van der Waals surface area contributed by atoms with E-state index in [-0.39, 0.29) is 18.5 Å². The van der Waals surface area contributed by atoms with Crippen LogP contribution in [0.3, 0.4) is 0 Å². The van der Waals surface area contributed by atoms with Gasteiger partial charge in [-0.15, -0.1) is 0 Å². The summed E-state index contributed by atoms with van der Waals surface area (Å²) < 4.78 is 5.18. The molecule has 0 aromatic carbocycles. The van der Waals surface area contributed by atoms with Crippen LogP contribution < -0.4 is 5.32 Å². The van der Waals surface area contributed by atoms with Crippen LogP contribution in [0.25, 0.3) is 0 Å². The minimum atomic E-state index is -0.971. The molecule has 0 bridgehead atoms. The standard InChI is InChI=1S/C21H36N2O5S2/c1-3-28-21(27)17(14-29-12-13-30-16-8-5-4-6-9-16)22-15(2)19(24)23-11-7-10-18(23)20(25)26/h15-18,22H,3-14H2,1-2H3,(H,25,26)/t15?,17-,18-/m0/s1. The number of amides is 1. The van der Waals surface area contributed by atoms with Gasteiger partial charge in [-0.05, 0) is 39.5 Å². The molecule has 1 amide bonds. The number of rotatable bonds is 12. The lowest BCUT2D eigenvalue weighted by Crippen LogP contribution is -2.54. The van der Waals surface area contributed by atoms with E-state index in [1.807, 2.05) is 11.8 Å². The largest absolute Gasteiger partial charge is 0.480 e. The number of nitrogens with zero attached hydrogens (tertiary/aromatic N) is 1. The predicted octanol–water partition coefficient (Wildman–Crippen LogP) is 2.77. The van der Waals surface area contributed by atoms with Gasteiger partial charge < -0.3 is 14.7 Å². The molecule has 9 heteroatoms. The Bertz CT molecular complexity index is 572. The highest BCUT2D eigenvalue weighted by Crippen LogP contribution is 2.28. The van der Waals surface area contributed by atoms with Gasteiger partial charge in [0.25, 0.3) is 0 Å². The van der Waals surface area contributed by atoms with Crippen molar-refractivity contribution < 1.29 is 24.2 Å². The van der Waals surface area contributed by atoms with Gasteiger partial charge in [-0.25, -0.2) is 4.79 Å². The van der Waals surface area contributed by atoms with Crippen LogP contribution in [0.15, 0.2) is 0 Å². The van der Waals surface area contributed by atoms with Crippen molar-refractivity contribution >= 4 is 41.4 Å². The quantitative estimate of drug-likeness (QED) is 0.339. The molecular weight excluding hydrogens is 424 g/mol. The summed E-state index contributed by atoms with van der Waals surface area (Å²) >= 11 is 3.72. The van der Waals surface area contributed by atoms with Crippen molar-refractivity contribution in [2.24, 2.45) is 0 Å². The lowest BCUT2D eigenvalue weighted by molar-refractivity contribution is -0.150. The second-order valence-corrected chi connectivity index (χ2v) is 10.5. The fourth-order valence-electron chi connectivity index (χ4n) is 4.04. The molecule has 1 aliphatic heterocycles. The zero-order chi connectivity index (χ0) is 21.9. The fraction of sp³-hybridized carbons (Fsp3) is 0.857. The van der Waals surface area contributed by atoms with Gasteiger partial charge in [0.15, 0.2) is 0 Å². The van der Waals surface area contributed by atoms with E-state index in [0.29, 0.717) is 25.1 Å². The molecule has 0 radical (unpaired) electrons. The highest BCUT2D eigenvalue weighted by Gasteiger charge is 2.37. The number of likely N-dealkylation sites (tertiary alicyclic amines) is 1. The Hall–Kier alpha value is -0.930. The van der Waals surface area contributed by atoms with Gasteiger partial charge in [-0.2, -0.15) is 23.5 Å². The molecule has 2 N–H and O–H groups in total. The van der Waals surface area contributed by atoms with Crippen LogP contribution in [-0.4, -0.2) is 81.6 Å². The summed E-state index contributed by atoms with van der Waals surface area (Å²) in [5.41, 5.74) is 0. The minimum Gasteiger partial charge on any atom is -0.480 e.